The lowest BCUT2D eigenvalue weighted by Crippen LogP contribution is -2.22. The Hall–Kier alpha value is -2.76. The second-order valence-electron chi connectivity index (χ2n) is 5.07. The molecule has 2 heterocycles. The maximum Gasteiger partial charge on any atom is 0.312 e. The van der Waals surface area contributed by atoms with Gasteiger partial charge in [0, 0.05) is 29.9 Å². The fourth-order valence-electron chi connectivity index (χ4n) is 2.87. The van der Waals surface area contributed by atoms with E-state index in [2.05, 4.69) is 4.98 Å². The average Bonchev–Trinajstić information content (AvgIpc) is 2.59. The van der Waals surface area contributed by atoms with Gasteiger partial charge in [-0.05, 0) is 11.6 Å². The summed E-state index contributed by atoms with van der Waals surface area (Å²) >= 11 is 0. The number of pyridine rings is 1. The molecule has 23 heavy (non-hydrogen) atoms. The number of nitrogens with zero attached hydrogens (tertiary/aromatic N) is 1. The number of hydrogen-bond acceptors (Lipinski definition) is 6. The van der Waals surface area contributed by atoms with Crippen LogP contribution in [0.15, 0.2) is 30.6 Å². The topological polar surface area (TPSA) is 66.9 Å². The number of carbonyl (C=O) groups excluding carboxylic acids is 1. The first kappa shape index (κ1) is 15.1. The Kier molecular flexibility index (Phi) is 4.06. The summed E-state index contributed by atoms with van der Waals surface area (Å²) in [6.07, 6.45) is 3.64. The van der Waals surface area contributed by atoms with Crippen molar-refractivity contribution in [3.8, 4) is 23.0 Å². The number of carbonyl (C=O) groups is 1. The number of rotatable bonds is 4. The molecule has 6 heteroatoms. The molecule has 1 atom stereocenters. The highest BCUT2D eigenvalue weighted by Crippen LogP contribution is 2.52. The molecule has 6 nitrogen and oxygen atoms in total. The summed E-state index contributed by atoms with van der Waals surface area (Å²) in [6, 6.07) is 5.41. The fraction of sp³-hybridized carbons (Fsp3) is 0.294. The van der Waals surface area contributed by atoms with Gasteiger partial charge in [0.15, 0.2) is 11.5 Å². The molecule has 1 aliphatic rings. The third-order valence-electron chi connectivity index (χ3n) is 3.86. The Morgan fingerprint density at radius 2 is 1.96 bits per heavy atom. The van der Waals surface area contributed by atoms with Crippen molar-refractivity contribution in [1.29, 1.82) is 0 Å². The molecule has 0 fully saturated rings. The van der Waals surface area contributed by atoms with E-state index in [0.717, 1.165) is 11.1 Å². The summed E-state index contributed by atoms with van der Waals surface area (Å²) in [5.74, 6) is 1.33. The minimum Gasteiger partial charge on any atom is -0.493 e. The molecule has 0 aliphatic carbocycles. The molecule has 0 bridgehead atoms. The summed E-state index contributed by atoms with van der Waals surface area (Å²) < 4.78 is 21.7. The summed E-state index contributed by atoms with van der Waals surface area (Å²) in [5.41, 5.74) is 1.67. The molecule has 0 radical (unpaired) electrons. The van der Waals surface area contributed by atoms with Crippen LogP contribution in [0.25, 0.3) is 0 Å². The summed E-state index contributed by atoms with van der Waals surface area (Å²) in [5, 5.41) is 0. The molecule has 0 spiro atoms. The zero-order valence-electron chi connectivity index (χ0n) is 13.2. The molecule has 1 aromatic heterocycles. The highest BCUT2D eigenvalue weighted by molar-refractivity contribution is 5.80. The van der Waals surface area contributed by atoms with Gasteiger partial charge in [-0.25, -0.2) is 0 Å². The van der Waals surface area contributed by atoms with Crippen LogP contribution >= 0.6 is 0 Å². The van der Waals surface area contributed by atoms with Crippen LogP contribution in [0, 0.1) is 0 Å². The van der Waals surface area contributed by atoms with Gasteiger partial charge in [0.25, 0.3) is 0 Å². The van der Waals surface area contributed by atoms with Crippen LogP contribution in [0.2, 0.25) is 0 Å². The maximum atomic E-state index is 12.0. The Morgan fingerprint density at radius 3 is 2.57 bits per heavy atom. The van der Waals surface area contributed by atoms with Gasteiger partial charge in [0.1, 0.15) is 5.75 Å². The molecule has 120 valence electrons. The summed E-state index contributed by atoms with van der Waals surface area (Å²) in [7, 11) is 4.61. The first-order valence-corrected chi connectivity index (χ1v) is 7.13. The number of benzene rings is 1. The van der Waals surface area contributed by atoms with Gasteiger partial charge >= 0.3 is 5.97 Å². The van der Waals surface area contributed by atoms with E-state index >= 15 is 0 Å². The maximum absolute atomic E-state index is 12.0. The fourth-order valence-corrected chi connectivity index (χ4v) is 2.87. The number of esters is 1. The van der Waals surface area contributed by atoms with Gasteiger partial charge in [-0.3, -0.25) is 9.78 Å². The Labute approximate surface area is 134 Å². The largest absolute Gasteiger partial charge is 0.493 e. The Morgan fingerprint density at radius 1 is 1.17 bits per heavy atom. The van der Waals surface area contributed by atoms with Crippen LogP contribution < -0.4 is 18.9 Å². The lowest BCUT2D eigenvalue weighted by molar-refractivity contribution is -0.135. The molecule has 0 unspecified atom stereocenters. The second-order valence-corrected chi connectivity index (χ2v) is 5.07. The SMILES string of the molecule is COc1cc2c(c(OC)c1OC)[C@H](c1cccnc1)CC(=O)O2. The predicted octanol–water partition coefficient (Wildman–Crippen LogP) is 2.55. The van der Waals surface area contributed by atoms with Crippen LogP contribution in [0.1, 0.15) is 23.5 Å². The van der Waals surface area contributed by atoms with E-state index in [1.807, 2.05) is 12.1 Å². The van der Waals surface area contributed by atoms with Crippen molar-refractivity contribution in [1.82, 2.24) is 4.98 Å². The van der Waals surface area contributed by atoms with E-state index in [1.54, 1.807) is 32.7 Å². The van der Waals surface area contributed by atoms with E-state index in [4.69, 9.17) is 18.9 Å². The smallest absolute Gasteiger partial charge is 0.312 e. The molecule has 0 saturated carbocycles. The normalized spacial score (nSPS) is 16.3. The highest BCUT2D eigenvalue weighted by atomic mass is 16.5. The van der Waals surface area contributed by atoms with Crippen molar-refractivity contribution in [3.05, 3.63) is 41.7 Å². The molecule has 3 rings (SSSR count). The molecular weight excluding hydrogens is 298 g/mol. The Balaban J connectivity index is 2.25. The summed E-state index contributed by atoms with van der Waals surface area (Å²) in [4.78, 5) is 16.1. The van der Waals surface area contributed by atoms with E-state index in [9.17, 15) is 4.79 Å². The number of aromatic nitrogens is 1. The molecule has 1 aliphatic heterocycles. The molecule has 2 aromatic rings. The zero-order chi connectivity index (χ0) is 16.4. The average molecular weight is 315 g/mol. The molecular formula is C17H17NO5. The third kappa shape index (κ3) is 2.56. The van der Waals surface area contributed by atoms with Gasteiger partial charge in [0.2, 0.25) is 5.75 Å². The highest BCUT2D eigenvalue weighted by Gasteiger charge is 2.35. The molecule has 0 saturated heterocycles. The first-order chi connectivity index (χ1) is 11.2. The monoisotopic (exact) mass is 315 g/mol. The van der Waals surface area contributed by atoms with Crippen LogP contribution in [-0.2, 0) is 4.79 Å². The number of ether oxygens (including phenoxy) is 4. The van der Waals surface area contributed by atoms with Gasteiger partial charge < -0.3 is 18.9 Å². The van der Waals surface area contributed by atoms with Gasteiger partial charge in [0.05, 0.1) is 27.8 Å². The van der Waals surface area contributed by atoms with Gasteiger partial charge in [-0.2, -0.15) is 0 Å². The zero-order valence-corrected chi connectivity index (χ0v) is 13.2. The standard InChI is InChI=1S/C17H17NO5/c1-20-13-8-12-15(17(22-3)16(13)21-2)11(7-14(19)23-12)10-5-4-6-18-9-10/h4-6,8-9,11H,7H2,1-3H3/t11-/m0/s1. The molecule has 1 aromatic carbocycles. The van der Waals surface area contributed by atoms with E-state index in [-0.39, 0.29) is 18.3 Å². The van der Waals surface area contributed by atoms with Crippen LogP contribution in [0.4, 0.5) is 0 Å². The van der Waals surface area contributed by atoms with Crippen molar-refractivity contribution in [2.24, 2.45) is 0 Å². The van der Waals surface area contributed by atoms with E-state index in [0.29, 0.717) is 23.0 Å². The van der Waals surface area contributed by atoms with Crippen LogP contribution in [0.5, 0.6) is 23.0 Å². The number of methoxy groups -OCH3 is 3. The molecule has 0 N–H and O–H groups in total. The quantitative estimate of drug-likeness (QED) is 0.638. The van der Waals surface area contributed by atoms with Crippen molar-refractivity contribution in [2.45, 2.75) is 12.3 Å². The Bertz CT molecular complexity index is 730. The minimum atomic E-state index is -0.305. The lowest BCUT2D eigenvalue weighted by Gasteiger charge is -2.28. The van der Waals surface area contributed by atoms with Crippen molar-refractivity contribution < 1.29 is 23.7 Å². The molecule has 0 amide bonds. The summed E-state index contributed by atoms with van der Waals surface area (Å²) in [6.45, 7) is 0. The number of hydrogen-bond donors (Lipinski definition) is 0. The van der Waals surface area contributed by atoms with Crippen LogP contribution in [0.3, 0.4) is 0 Å². The van der Waals surface area contributed by atoms with Crippen molar-refractivity contribution in [3.63, 3.8) is 0 Å². The lowest BCUT2D eigenvalue weighted by atomic mass is 9.86. The number of fused-ring (bicyclic) bond motifs is 1. The third-order valence-corrected chi connectivity index (χ3v) is 3.86. The minimum absolute atomic E-state index is 0.213. The van der Waals surface area contributed by atoms with E-state index < -0.39 is 0 Å². The van der Waals surface area contributed by atoms with Gasteiger partial charge in [-0.1, -0.05) is 6.07 Å². The van der Waals surface area contributed by atoms with Crippen LogP contribution in [-0.4, -0.2) is 32.3 Å². The van der Waals surface area contributed by atoms with Crippen molar-refractivity contribution in [2.75, 3.05) is 21.3 Å². The second kappa shape index (κ2) is 6.16. The first-order valence-electron chi connectivity index (χ1n) is 7.13. The predicted molar refractivity (Wildman–Crippen MR) is 82.4 cm³/mol. The van der Waals surface area contributed by atoms with E-state index in [1.165, 1.54) is 7.11 Å². The van der Waals surface area contributed by atoms with Crippen molar-refractivity contribution >= 4 is 5.97 Å². The van der Waals surface area contributed by atoms with Gasteiger partial charge in [-0.15, -0.1) is 0 Å².